The average Bonchev–Trinajstić information content (AvgIpc) is 3.19. The highest BCUT2D eigenvalue weighted by Crippen LogP contribution is 2.28. The Hall–Kier alpha value is -3.68. The largest absolute Gasteiger partial charge is 0.370 e. The third kappa shape index (κ3) is 6.67. The molecule has 0 bridgehead atoms. The topological polar surface area (TPSA) is 82.1 Å². The van der Waals surface area contributed by atoms with E-state index in [2.05, 4.69) is 104 Å². The normalized spacial score (nSPS) is 14.4. The van der Waals surface area contributed by atoms with Gasteiger partial charge in [-0.05, 0) is 67.5 Å². The quantitative estimate of drug-likeness (QED) is 0.253. The van der Waals surface area contributed by atoms with Crippen molar-refractivity contribution in [2.45, 2.75) is 47.0 Å². The summed E-state index contributed by atoms with van der Waals surface area (Å²) >= 11 is 0. The molecule has 0 aliphatic carbocycles. The number of nitrogens with one attached hydrogen (secondary N) is 2. The molecule has 0 saturated carbocycles. The Morgan fingerprint density at radius 1 is 0.641 bits per heavy atom. The lowest BCUT2D eigenvalue weighted by Gasteiger charge is -2.25. The molecule has 8 nitrogen and oxygen atoms in total. The fourth-order valence-electron chi connectivity index (χ4n) is 5.16. The molecule has 0 atom stereocenters. The molecule has 0 unspecified atom stereocenters. The van der Waals surface area contributed by atoms with Crippen LogP contribution in [0.2, 0.25) is 0 Å². The van der Waals surface area contributed by atoms with Crippen LogP contribution in [0.4, 0.5) is 23.0 Å². The maximum Gasteiger partial charge on any atom is 0.137 e. The molecule has 1 fully saturated rings. The number of hydrogen-bond acceptors (Lipinski definition) is 8. The smallest absolute Gasteiger partial charge is 0.137 e. The van der Waals surface area contributed by atoms with E-state index in [1.165, 1.54) is 11.4 Å². The zero-order valence-corrected chi connectivity index (χ0v) is 23.8. The van der Waals surface area contributed by atoms with Gasteiger partial charge in [0, 0.05) is 61.4 Å². The summed E-state index contributed by atoms with van der Waals surface area (Å²) in [6, 6.07) is 13.2. The van der Waals surface area contributed by atoms with E-state index >= 15 is 0 Å². The van der Waals surface area contributed by atoms with Gasteiger partial charge in [-0.15, -0.1) is 0 Å². The summed E-state index contributed by atoms with van der Waals surface area (Å²) in [5, 5.41) is 9.16. The van der Waals surface area contributed by atoms with Crippen molar-refractivity contribution in [1.82, 2.24) is 19.9 Å². The first-order valence-electron chi connectivity index (χ1n) is 14.4. The molecular formula is C31H42N8. The third-order valence-electron chi connectivity index (χ3n) is 7.49. The second-order valence-corrected chi connectivity index (χ2v) is 11.4. The predicted molar refractivity (Wildman–Crippen MR) is 164 cm³/mol. The number of anilines is 4. The van der Waals surface area contributed by atoms with E-state index in [1.807, 2.05) is 0 Å². The Morgan fingerprint density at radius 3 is 1.54 bits per heavy atom. The lowest BCUT2D eigenvalue weighted by molar-refractivity contribution is 0.606. The second kappa shape index (κ2) is 12.5. The van der Waals surface area contributed by atoms with Crippen LogP contribution in [-0.4, -0.2) is 59.2 Å². The van der Waals surface area contributed by atoms with Gasteiger partial charge in [0.1, 0.15) is 24.3 Å². The van der Waals surface area contributed by atoms with E-state index in [0.29, 0.717) is 11.8 Å². The zero-order chi connectivity index (χ0) is 27.2. The minimum atomic E-state index is 0.664. The van der Waals surface area contributed by atoms with Crippen molar-refractivity contribution < 1.29 is 0 Å². The van der Waals surface area contributed by atoms with E-state index in [1.54, 1.807) is 12.7 Å². The lowest BCUT2D eigenvalue weighted by atomic mass is 10.1. The standard InChI is InChI=1S/C31H42N8/c1-22(2)10-12-32-30-26-8-6-24(18-28(26)34-20-36-30)38-14-5-15-39(17-16-38)25-7-9-27-29(19-25)35-21-37-31(27)33-13-11-23(3)4/h6-9,18-23H,5,10-17H2,1-4H3,(H,32,34,36)(H,33,35,37). The molecule has 3 heterocycles. The molecule has 1 aliphatic heterocycles. The van der Waals surface area contributed by atoms with Crippen molar-refractivity contribution >= 4 is 44.8 Å². The summed E-state index contributed by atoms with van der Waals surface area (Å²) in [7, 11) is 0. The first kappa shape index (κ1) is 26.9. The summed E-state index contributed by atoms with van der Waals surface area (Å²) in [6.45, 7) is 14.8. The highest BCUT2D eigenvalue weighted by Gasteiger charge is 2.18. The van der Waals surface area contributed by atoms with Crippen LogP contribution in [0.15, 0.2) is 49.1 Å². The molecule has 2 aromatic carbocycles. The predicted octanol–water partition coefficient (Wildman–Crippen LogP) is 6.21. The monoisotopic (exact) mass is 526 g/mol. The van der Waals surface area contributed by atoms with Crippen LogP contribution in [-0.2, 0) is 0 Å². The molecule has 2 aromatic heterocycles. The van der Waals surface area contributed by atoms with Gasteiger partial charge in [0.2, 0.25) is 0 Å². The average molecular weight is 527 g/mol. The fraction of sp³-hybridized carbons (Fsp3) is 0.484. The van der Waals surface area contributed by atoms with Crippen molar-refractivity contribution in [3.05, 3.63) is 49.1 Å². The summed E-state index contributed by atoms with van der Waals surface area (Å²) in [6.07, 6.45) is 6.67. The maximum atomic E-state index is 4.58. The molecule has 1 saturated heterocycles. The van der Waals surface area contributed by atoms with Gasteiger partial charge in [-0.1, -0.05) is 27.7 Å². The first-order valence-corrected chi connectivity index (χ1v) is 14.4. The minimum absolute atomic E-state index is 0.664. The molecule has 8 heteroatoms. The second-order valence-electron chi connectivity index (χ2n) is 11.4. The molecule has 39 heavy (non-hydrogen) atoms. The van der Waals surface area contributed by atoms with Crippen molar-refractivity contribution in [2.75, 3.05) is 59.7 Å². The van der Waals surface area contributed by atoms with Crippen molar-refractivity contribution in [3.63, 3.8) is 0 Å². The maximum absolute atomic E-state index is 4.58. The highest BCUT2D eigenvalue weighted by molar-refractivity contribution is 5.92. The van der Waals surface area contributed by atoms with Crippen LogP contribution in [0.1, 0.15) is 47.0 Å². The van der Waals surface area contributed by atoms with Crippen molar-refractivity contribution in [1.29, 1.82) is 0 Å². The van der Waals surface area contributed by atoms with E-state index < -0.39 is 0 Å². The summed E-state index contributed by atoms with van der Waals surface area (Å²) in [4.78, 5) is 23.1. The molecule has 0 amide bonds. The summed E-state index contributed by atoms with van der Waals surface area (Å²) < 4.78 is 0. The number of hydrogen-bond donors (Lipinski definition) is 2. The van der Waals surface area contributed by atoms with E-state index in [-0.39, 0.29) is 0 Å². The molecule has 206 valence electrons. The number of fused-ring (bicyclic) bond motifs is 2. The van der Waals surface area contributed by atoms with Gasteiger partial charge in [-0.3, -0.25) is 0 Å². The summed E-state index contributed by atoms with van der Waals surface area (Å²) in [5.41, 5.74) is 4.42. The zero-order valence-electron chi connectivity index (χ0n) is 23.8. The molecule has 0 radical (unpaired) electrons. The van der Waals surface area contributed by atoms with Gasteiger partial charge in [0.15, 0.2) is 0 Å². The van der Waals surface area contributed by atoms with E-state index in [4.69, 9.17) is 0 Å². The van der Waals surface area contributed by atoms with Crippen molar-refractivity contribution in [3.8, 4) is 0 Å². The SMILES string of the molecule is CC(C)CCNc1ncnc2cc(N3CCCN(c4ccc5c(NCCC(C)C)ncnc5c4)CC3)ccc12. The van der Waals surface area contributed by atoms with E-state index in [9.17, 15) is 0 Å². The van der Waals surface area contributed by atoms with Crippen LogP contribution in [0.25, 0.3) is 21.8 Å². The van der Waals surface area contributed by atoms with Gasteiger partial charge >= 0.3 is 0 Å². The van der Waals surface area contributed by atoms with Crippen LogP contribution < -0.4 is 20.4 Å². The minimum Gasteiger partial charge on any atom is -0.370 e. The van der Waals surface area contributed by atoms with Gasteiger partial charge < -0.3 is 20.4 Å². The Morgan fingerprint density at radius 2 is 1.10 bits per heavy atom. The molecule has 2 N–H and O–H groups in total. The Balaban J connectivity index is 1.27. The van der Waals surface area contributed by atoms with Gasteiger partial charge in [-0.25, -0.2) is 19.9 Å². The Labute approximate surface area is 232 Å². The van der Waals surface area contributed by atoms with Crippen LogP contribution in [0.5, 0.6) is 0 Å². The van der Waals surface area contributed by atoms with Gasteiger partial charge in [-0.2, -0.15) is 0 Å². The number of rotatable bonds is 10. The molecule has 4 aromatic rings. The number of aromatic nitrogens is 4. The highest BCUT2D eigenvalue weighted by atomic mass is 15.2. The number of benzene rings is 2. The Kier molecular flexibility index (Phi) is 8.59. The fourth-order valence-corrected chi connectivity index (χ4v) is 5.16. The van der Waals surface area contributed by atoms with Crippen molar-refractivity contribution in [2.24, 2.45) is 11.8 Å². The molecule has 5 rings (SSSR count). The van der Waals surface area contributed by atoms with E-state index in [0.717, 1.165) is 92.0 Å². The first-order chi connectivity index (χ1) is 19.0. The summed E-state index contributed by atoms with van der Waals surface area (Å²) in [5.74, 6) is 3.17. The van der Waals surface area contributed by atoms with Crippen LogP contribution >= 0.6 is 0 Å². The van der Waals surface area contributed by atoms with Crippen LogP contribution in [0.3, 0.4) is 0 Å². The third-order valence-corrected chi connectivity index (χ3v) is 7.49. The molecular weight excluding hydrogens is 484 g/mol. The van der Waals surface area contributed by atoms with Gasteiger partial charge in [0.25, 0.3) is 0 Å². The van der Waals surface area contributed by atoms with Crippen LogP contribution in [0, 0.1) is 11.8 Å². The Bertz CT molecular complexity index is 1280. The molecule has 1 aliphatic rings. The molecule has 0 spiro atoms. The van der Waals surface area contributed by atoms with Gasteiger partial charge in [0.05, 0.1) is 11.0 Å². The number of nitrogens with zero attached hydrogens (tertiary/aromatic N) is 6. The lowest BCUT2D eigenvalue weighted by Crippen LogP contribution is -2.30.